The third-order valence-corrected chi connectivity index (χ3v) is 5.97. The number of methoxy groups -OCH3 is 1. The molecule has 2 heterocycles. The van der Waals surface area contributed by atoms with Crippen LogP contribution in [-0.4, -0.2) is 83.0 Å². The van der Waals surface area contributed by atoms with Crippen molar-refractivity contribution in [1.82, 2.24) is 19.4 Å². The van der Waals surface area contributed by atoms with Gasteiger partial charge in [-0.3, -0.25) is 9.47 Å². The molecular formula is C25H30N4O5. The highest BCUT2D eigenvalue weighted by molar-refractivity contribution is 5.92. The molecular weight excluding hydrogens is 436 g/mol. The summed E-state index contributed by atoms with van der Waals surface area (Å²) in [5.41, 5.74) is 3.84. The molecule has 2 aromatic carbocycles. The molecule has 3 aromatic rings. The summed E-state index contributed by atoms with van der Waals surface area (Å²) in [6, 6.07) is 13.3. The maximum Gasteiger partial charge on any atom is 0.409 e. The molecule has 4 rings (SSSR count). The van der Waals surface area contributed by atoms with E-state index in [4.69, 9.17) is 14.5 Å². The van der Waals surface area contributed by atoms with Gasteiger partial charge in [0.2, 0.25) is 0 Å². The lowest BCUT2D eigenvalue weighted by molar-refractivity contribution is 0.0696. The molecule has 1 amide bonds. The highest BCUT2D eigenvalue weighted by Crippen LogP contribution is 2.24. The van der Waals surface area contributed by atoms with Gasteiger partial charge in [0.05, 0.1) is 29.8 Å². The van der Waals surface area contributed by atoms with Gasteiger partial charge in [-0.15, -0.1) is 0 Å². The van der Waals surface area contributed by atoms with Crippen molar-refractivity contribution in [2.75, 3.05) is 46.5 Å². The molecule has 0 saturated carbocycles. The highest BCUT2D eigenvalue weighted by atomic mass is 16.6. The molecule has 0 spiro atoms. The number of amides is 1. The number of carboxylic acids is 1. The van der Waals surface area contributed by atoms with Gasteiger partial charge < -0.3 is 19.5 Å². The quantitative estimate of drug-likeness (QED) is 0.545. The lowest BCUT2D eigenvalue weighted by Gasteiger charge is -2.34. The number of benzene rings is 2. The monoisotopic (exact) mass is 466 g/mol. The van der Waals surface area contributed by atoms with Gasteiger partial charge >= 0.3 is 12.1 Å². The summed E-state index contributed by atoms with van der Waals surface area (Å²) in [4.78, 5) is 32.2. The van der Waals surface area contributed by atoms with E-state index >= 15 is 0 Å². The highest BCUT2D eigenvalue weighted by Gasteiger charge is 2.22. The number of aromatic nitrogens is 2. The Hall–Kier alpha value is -3.43. The third kappa shape index (κ3) is 5.21. The minimum absolute atomic E-state index is 0.214. The van der Waals surface area contributed by atoms with E-state index in [-0.39, 0.29) is 11.7 Å². The molecule has 9 heteroatoms. The Kier molecular flexibility index (Phi) is 7.44. The number of aromatic carboxylic acids is 1. The maximum absolute atomic E-state index is 11.9. The Labute approximate surface area is 198 Å². The van der Waals surface area contributed by atoms with Crippen molar-refractivity contribution in [2.24, 2.45) is 0 Å². The van der Waals surface area contributed by atoms with Crippen LogP contribution in [-0.2, 0) is 22.4 Å². The maximum atomic E-state index is 11.9. The molecule has 1 N–H and O–H groups in total. The van der Waals surface area contributed by atoms with Crippen molar-refractivity contribution < 1.29 is 24.2 Å². The molecule has 0 aliphatic carbocycles. The van der Waals surface area contributed by atoms with Crippen molar-refractivity contribution in [3.8, 4) is 5.69 Å². The third-order valence-electron chi connectivity index (χ3n) is 5.97. The number of nitrogens with zero attached hydrogens (tertiary/aromatic N) is 4. The molecule has 0 bridgehead atoms. The molecule has 0 radical (unpaired) electrons. The molecule has 1 aliphatic rings. The number of carboxylic acid groups (broad SMARTS) is 1. The predicted molar refractivity (Wildman–Crippen MR) is 127 cm³/mol. The van der Waals surface area contributed by atoms with Crippen LogP contribution >= 0.6 is 0 Å². The number of carbonyl (C=O) groups is 2. The number of hydrogen-bond donors (Lipinski definition) is 1. The second-order valence-electron chi connectivity index (χ2n) is 8.25. The van der Waals surface area contributed by atoms with Crippen LogP contribution < -0.4 is 0 Å². The van der Waals surface area contributed by atoms with E-state index in [1.54, 1.807) is 24.1 Å². The Morgan fingerprint density at radius 1 is 1.09 bits per heavy atom. The van der Waals surface area contributed by atoms with Crippen LogP contribution in [0.4, 0.5) is 4.79 Å². The second kappa shape index (κ2) is 10.7. The van der Waals surface area contributed by atoms with E-state index in [1.807, 2.05) is 25.1 Å². The SMILES string of the molecule is CCOC(=O)N1CCN(Cc2cccc(-n3c(CCOC)nc4cc(C(=O)O)ccc43)c2)CC1. The number of rotatable bonds is 8. The standard InChI is InChI=1S/C25H30N4O5/c1-3-34-25(32)28-12-10-27(11-13-28)17-18-5-4-6-20(15-18)29-22-8-7-19(24(30)31)16-21(22)26-23(29)9-14-33-2/h4-8,15-16H,3,9-14,17H2,1-2H3,(H,30,31). The molecule has 1 aromatic heterocycles. The second-order valence-corrected chi connectivity index (χ2v) is 8.25. The van der Waals surface area contributed by atoms with E-state index in [1.165, 1.54) is 0 Å². The van der Waals surface area contributed by atoms with Gasteiger partial charge in [-0.1, -0.05) is 12.1 Å². The lowest BCUT2D eigenvalue weighted by Crippen LogP contribution is -2.48. The van der Waals surface area contributed by atoms with Gasteiger partial charge in [0, 0.05) is 51.9 Å². The molecule has 9 nitrogen and oxygen atoms in total. The Morgan fingerprint density at radius 3 is 2.59 bits per heavy atom. The van der Waals surface area contributed by atoms with Gasteiger partial charge in [0.15, 0.2) is 0 Å². The number of hydrogen-bond acceptors (Lipinski definition) is 6. The fourth-order valence-corrected chi connectivity index (χ4v) is 4.27. The molecule has 180 valence electrons. The van der Waals surface area contributed by atoms with E-state index in [9.17, 15) is 14.7 Å². The fraction of sp³-hybridized carbons (Fsp3) is 0.400. The minimum Gasteiger partial charge on any atom is -0.478 e. The van der Waals surface area contributed by atoms with Gasteiger partial charge in [-0.2, -0.15) is 0 Å². The van der Waals surface area contributed by atoms with Crippen molar-refractivity contribution in [2.45, 2.75) is 19.9 Å². The van der Waals surface area contributed by atoms with Crippen LogP contribution in [0.5, 0.6) is 0 Å². The summed E-state index contributed by atoms with van der Waals surface area (Å²) < 4.78 is 12.4. The lowest BCUT2D eigenvalue weighted by atomic mass is 10.1. The first-order valence-corrected chi connectivity index (χ1v) is 11.5. The van der Waals surface area contributed by atoms with E-state index in [2.05, 4.69) is 21.6 Å². The Balaban J connectivity index is 1.57. The van der Waals surface area contributed by atoms with Gasteiger partial charge in [0.1, 0.15) is 5.82 Å². The summed E-state index contributed by atoms with van der Waals surface area (Å²) in [6.45, 7) is 6.36. The number of piperazine rings is 1. The summed E-state index contributed by atoms with van der Waals surface area (Å²) in [5, 5.41) is 9.36. The zero-order chi connectivity index (χ0) is 24.1. The normalized spacial score (nSPS) is 14.5. The Bertz CT molecular complexity index is 1170. The summed E-state index contributed by atoms with van der Waals surface area (Å²) in [5.74, 6) is -0.153. The van der Waals surface area contributed by atoms with E-state index < -0.39 is 5.97 Å². The minimum atomic E-state index is -0.972. The first-order chi connectivity index (χ1) is 16.5. The first kappa shape index (κ1) is 23.7. The summed E-state index contributed by atoms with van der Waals surface area (Å²) in [7, 11) is 1.65. The zero-order valence-electron chi connectivity index (χ0n) is 19.6. The zero-order valence-corrected chi connectivity index (χ0v) is 19.6. The number of carbonyl (C=O) groups excluding carboxylic acids is 1. The van der Waals surface area contributed by atoms with Gasteiger partial charge in [-0.05, 0) is 42.8 Å². The van der Waals surface area contributed by atoms with E-state index in [0.717, 1.165) is 42.2 Å². The Morgan fingerprint density at radius 2 is 1.88 bits per heavy atom. The van der Waals surface area contributed by atoms with Crippen LogP contribution in [0, 0.1) is 0 Å². The number of imidazole rings is 1. The summed E-state index contributed by atoms with van der Waals surface area (Å²) >= 11 is 0. The molecule has 1 aliphatic heterocycles. The van der Waals surface area contributed by atoms with Crippen LogP contribution in [0.3, 0.4) is 0 Å². The largest absolute Gasteiger partial charge is 0.478 e. The van der Waals surface area contributed by atoms with Crippen molar-refractivity contribution in [3.63, 3.8) is 0 Å². The van der Waals surface area contributed by atoms with Crippen LogP contribution in [0.2, 0.25) is 0 Å². The molecule has 0 atom stereocenters. The average molecular weight is 467 g/mol. The van der Waals surface area contributed by atoms with Crippen LogP contribution in [0.15, 0.2) is 42.5 Å². The topological polar surface area (TPSA) is 97.1 Å². The van der Waals surface area contributed by atoms with Crippen molar-refractivity contribution >= 4 is 23.1 Å². The van der Waals surface area contributed by atoms with Crippen LogP contribution in [0.25, 0.3) is 16.7 Å². The fourth-order valence-electron chi connectivity index (χ4n) is 4.27. The number of ether oxygens (including phenoxy) is 2. The predicted octanol–water partition coefficient (Wildman–Crippen LogP) is 3.19. The van der Waals surface area contributed by atoms with E-state index in [0.29, 0.717) is 38.2 Å². The number of fused-ring (bicyclic) bond motifs is 1. The van der Waals surface area contributed by atoms with Crippen molar-refractivity contribution in [1.29, 1.82) is 0 Å². The smallest absolute Gasteiger partial charge is 0.409 e. The van der Waals surface area contributed by atoms with Gasteiger partial charge in [0.25, 0.3) is 0 Å². The van der Waals surface area contributed by atoms with Crippen molar-refractivity contribution in [3.05, 3.63) is 59.4 Å². The summed E-state index contributed by atoms with van der Waals surface area (Å²) in [6.07, 6.45) is 0.360. The molecule has 34 heavy (non-hydrogen) atoms. The molecule has 0 unspecified atom stereocenters. The van der Waals surface area contributed by atoms with Crippen LogP contribution in [0.1, 0.15) is 28.7 Å². The first-order valence-electron chi connectivity index (χ1n) is 11.5. The molecule has 1 fully saturated rings. The molecule has 1 saturated heterocycles. The van der Waals surface area contributed by atoms with Gasteiger partial charge in [-0.25, -0.2) is 14.6 Å². The average Bonchev–Trinajstić information content (AvgIpc) is 3.21.